The lowest BCUT2D eigenvalue weighted by atomic mass is 9.85. The first-order valence-electron chi connectivity index (χ1n) is 10.8. The van der Waals surface area contributed by atoms with E-state index in [2.05, 4.69) is 5.32 Å². The number of carbonyl (C=O) groups is 2. The number of halogens is 1. The Labute approximate surface area is 183 Å². The standard InChI is InChI=1S/C25H31FN2O3/c1-6-27-23(29)16(2)31-20-11-10-17-12-13-28(24(30)25(3,4)5)22(21(17)15-20)18-8-7-9-19(26)14-18/h7-11,14-16,22H,6,12-13H2,1-5H3,(H,27,29)/t16-,22-/m0/s1. The van der Waals surface area contributed by atoms with Crippen LogP contribution < -0.4 is 10.1 Å². The van der Waals surface area contributed by atoms with Gasteiger partial charge < -0.3 is 15.0 Å². The predicted octanol–water partition coefficient (Wildman–Crippen LogP) is 4.25. The normalized spacial score (nSPS) is 17.0. The summed E-state index contributed by atoms with van der Waals surface area (Å²) in [7, 11) is 0. The molecule has 0 fully saturated rings. The molecule has 31 heavy (non-hydrogen) atoms. The van der Waals surface area contributed by atoms with Crippen LogP contribution in [0.25, 0.3) is 0 Å². The average Bonchev–Trinajstić information content (AvgIpc) is 2.71. The lowest BCUT2D eigenvalue weighted by molar-refractivity contribution is -0.141. The molecule has 0 spiro atoms. The van der Waals surface area contributed by atoms with E-state index in [0.717, 1.165) is 11.1 Å². The highest BCUT2D eigenvalue weighted by Crippen LogP contribution is 2.39. The minimum atomic E-state index is -0.651. The zero-order chi connectivity index (χ0) is 22.8. The smallest absolute Gasteiger partial charge is 0.260 e. The van der Waals surface area contributed by atoms with Crippen molar-refractivity contribution in [1.82, 2.24) is 10.2 Å². The fourth-order valence-corrected chi connectivity index (χ4v) is 3.93. The highest BCUT2D eigenvalue weighted by atomic mass is 19.1. The summed E-state index contributed by atoms with van der Waals surface area (Å²) in [6, 6.07) is 11.7. The summed E-state index contributed by atoms with van der Waals surface area (Å²) < 4.78 is 20.0. The molecule has 0 aromatic heterocycles. The van der Waals surface area contributed by atoms with Crippen molar-refractivity contribution >= 4 is 11.8 Å². The third kappa shape index (κ3) is 5.06. The summed E-state index contributed by atoms with van der Waals surface area (Å²) >= 11 is 0. The van der Waals surface area contributed by atoms with Crippen LogP contribution in [-0.4, -0.2) is 35.9 Å². The zero-order valence-electron chi connectivity index (χ0n) is 18.9. The molecule has 0 bridgehead atoms. The zero-order valence-corrected chi connectivity index (χ0v) is 18.9. The van der Waals surface area contributed by atoms with Crippen molar-refractivity contribution in [2.75, 3.05) is 13.1 Å². The molecular weight excluding hydrogens is 395 g/mol. The highest BCUT2D eigenvalue weighted by Gasteiger charge is 2.37. The lowest BCUT2D eigenvalue weighted by Gasteiger charge is -2.41. The molecule has 166 valence electrons. The van der Waals surface area contributed by atoms with Crippen molar-refractivity contribution in [2.24, 2.45) is 5.41 Å². The number of nitrogens with one attached hydrogen (secondary N) is 1. The fourth-order valence-electron chi connectivity index (χ4n) is 3.93. The second kappa shape index (κ2) is 9.08. The summed E-state index contributed by atoms with van der Waals surface area (Å²) in [5, 5.41) is 2.75. The van der Waals surface area contributed by atoms with Crippen LogP contribution in [-0.2, 0) is 16.0 Å². The molecule has 1 aliphatic rings. The minimum absolute atomic E-state index is 0.00873. The molecule has 0 aliphatic carbocycles. The summed E-state index contributed by atoms with van der Waals surface area (Å²) in [5.41, 5.74) is 2.14. The quantitative estimate of drug-likeness (QED) is 0.778. The SMILES string of the molecule is CCNC(=O)[C@H](C)Oc1ccc2c(c1)[C@H](c1cccc(F)c1)N(C(=O)C(C)(C)C)CC2. The Morgan fingerprint density at radius 3 is 2.61 bits per heavy atom. The Morgan fingerprint density at radius 1 is 1.23 bits per heavy atom. The van der Waals surface area contributed by atoms with Crippen molar-refractivity contribution in [3.8, 4) is 5.75 Å². The molecule has 0 radical (unpaired) electrons. The van der Waals surface area contributed by atoms with Crippen molar-refractivity contribution in [3.63, 3.8) is 0 Å². The van der Waals surface area contributed by atoms with Gasteiger partial charge in [-0.25, -0.2) is 4.39 Å². The topological polar surface area (TPSA) is 58.6 Å². The Balaban J connectivity index is 2.03. The van der Waals surface area contributed by atoms with E-state index in [1.807, 2.05) is 56.9 Å². The number of nitrogens with zero attached hydrogens (tertiary/aromatic N) is 1. The Kier molecular flexibility index (Phi) is 6.68. The molecular formula is C25H31FN2O3. The van der Waals surface area contributed by atoms with Gasteiger partial charge in [0.25, 0.3) is 5.91 Å². The van der Waals surface area contributed by atoms with Crippen LogP contribution in [0, 0.1) is 11.2 Å². The van der Waals surface area contributed by atoms with Crippen LogP contribution in [0.15, 0.2) is 42.5 Å². The molecule has 1 aliphatic heterocycles. The molecule has 2 aromatic rings. The molecule has 6 heteroatoms. The van der Waals surface area contributed by atoms with E-state index in [1.54, 1.807) is 13.0 Å². The van der Waals surface area contributed by atoms with Gasteiger partial charge in [-0.1, -0.05) is 39.0 Å². The van der Waals surface area contributed by atoms with Crippen LogP contribution in [0.5, 0.6) is 5.75 Å². The van der Waals surface area contributed by atoms with Crippen LogP contribution in [0.4, 0.5) is 4.39 Å². The summed E-state index contributed by atoms with van der Waals surface area (Å²) in [6.45, 7) is 10.3. The first kappa shape index (κ1) is 22.8. The van der Waals surface area contributed by atoms with Gasteiger partial charge in [-0.15, -0.1) is 0 Å². The Morgan fingerprint density at radius 2 is 1.97 bits per heavy atom. The number of rotatable bonds is 5. The molecule has 1 heterocycles. The summed E-state index contributed by atoms with van der Waals surface area (Å²) in [5.74, 6) is 0.0230. The van der Waals surface area contributed by atoms with Gasteiger partial charge in [-0.2, -0.15) is 0 Å². The van der Waals surface area contributed by atoms with Gasteiger partial charge >= 0.3 is 0 Å². The number of hydrogen-bond acceptors (Lipinski definition) is 3. The second-order valence-corrected chi connectivity index (χ2v) is 8.97. The summed E-state index contributed by atoms with van der Waals surface area (Å²) in [4.78, 5) is 27.2. The molecule has 0 unspecified atom stereocenters. The number of hydrogen-bond donors (Lipinski definition) is 1. The van der Waals surface area contributed by atoms with Gasteiger partial charge in [0.05, 0.1) is 6.04 Å². The number of likely N-dealkylation sites (N-methyl/N-ethyl adjacent to an activating group) is 1. The van der Waals surface area contributed by atoms with Crippen LogP contribution >= 0.6 is 0 Å². The number of carbonyl (C=O) groups excluding carboxylic acids is 2. The van der Waals surface area contributed by atoms with Gasteiger partial charge in [0, 0.05) is 18.5 Å². The maximum absolute atomic E-state index is 14.1. The molecule has 3 rings (SSSR count). The Hall–Kier alpha value is -2.89. The van der Waals surface area contributed by atoms with Crippen molar-refractivity contribution in [2.45, 2.75) is 53.2 Å². The lowest BCUT2D eigenvalue weighted by Crippen LogP contribution is -2.45. The van der Waals surface area contributed by atoms with Crippen molar-refractivity contribution in [1.29, 1.82) is 0 Å². The number of fused-ring (bicyclic) bond motifs is 1. The molecule has 5 nitrogen and oxygen atoms in total. The van der Waals surface area contributed by atoms with E-state index in [-0.39, 0.29) is 17.6 Å². The van der Waals surface area contributed by atoms with Gasteiger partial charge in [-0.05, 0) is 61.2 Å². The van der Waals surface area contributed by atoms with Gasteiger partial charge in [-0.3, -0.25) is 9.59 Å². The van der Waals surface area contributed by atoms with E-state index >= 15 is 0 Å². The maximum atomic E-state index is 14.1. The first-order valence-corrected chi connectivity index (χ1v) is 10.8. The molecule has 2 aromatic carbocycles. The maximum Gasteiger partial charge on any atom is 0.260 e. The number of benzene rings is 2. The highest BCUT2D eigenvalue weighted by molar-refractivity contribution is 5.83. The van der Waals surface area contributed by atoms with Crippen molar-refractivity contribution in [3.05, 3.63) is 65.0 Å². The monoisotopic (exact) mass is 426 g/mol. The number of ether oxygens (including phenoxy) is 1. The second-order valence-electron chi connectivity index (χ2n) is 8.97. The van der Waals surface area contributed by atoms with E-state index in [1.165, 1.54) is 12.1 Å². The molecule has 0 saturated heterocycles. The number of amides is 2. The molecule has 2 amide bonds. The van der Waals surface area contributed by atoms with E-state index < -0.39 is 17.6 Å². The predicted molar refractivity (Wildman–Crippen MR) is 118 cm³/mol. The van der Waals surface area contributed by atoms with E-state index in [4.69, 9.17) is 4.74 Å². The third-order valence-electron chi connectivity index (χ3n) is 5.45. The van der Waals surface area contributed by atoms with Gasteiger partial charge in [0.15, 0.2) is 6.10 Å². The molecule has 0 saturated carbocycles. The van der Waals surface area contributed by atoms with Gasteiger partial charge in [0.2, 0.25) is 5.91 Å². The van der Waals surface area contributed by atoms with Crippen LogP contribution in [0.2, 0.25) is 0 Å². The first-order chi connectivity index (χ1) is 14.6. The third-order valence-corrected chi connectivity index (χ3v) is 5.45. The summed E-state index contributed by atoms with van der Waals surface area (Å²) in [6.07, 6.45) is 0.0521. The van der Waals surface area contributed by atoms with Crippen molar-refractivity contribution < 1.29 is 18.7 Å². The Bertz CT molecular complexity index is 967. The largest absolute Gasteiger partial charge is 0.481 e. The average molecular weight is 427 g/mol. The molecule has 1 N–H and O–H groups in total. The minimum Gasteiger partial charge on any atom is -0.481 e. The fraction of sp³-hybridized carbons (Fsp3) is 0.440. The van der Waals surface area contributed by atoms with E-state index in [0.29, 0.717) is 30.8 Å². The van der Waals surface area contributed by atoms with Crippen LogP contribution in [0.1, 0.15) is 57.4 Å². The van der Waals surface area contributed by atoms with E-state index in [9.17, 15) is 14.0 Å². The van der Waals surface area contributed by atoms with Gasteiger partial charge in [0.1, 0.15) is 11.6 Å². The molecule has 2 atom stereocenters. The van der Waals surface area contributed by atoms with Crippen LogP contribution in [0.3, 0.4) is 0 Å².